The van der Waals surface area contributed by atoms with Crippen LogP contribution in [0.25, 0.3) is 0 Å². The molecule has 1 aromatic carbocycles. The lowest BCUT2D eigenvalue weighted by molar-refractivity contribution is -0.392. The number of hydrogen-bond acceptors (Lipinski definition) is 5. The van der Waals surface area contributed by atoms with E-state index in [4.69, 9.17) is 4.74 Å². The maximum absolute atomic E-state index is 10.8. The number of aryl methyl sites for hydroxylation is 1. The second-order valence-electron chi connectivity index (χ2n) is 4.11. The topological polar surface area (TPSA) is 87.3 Å². The highest BCUT2D eigenvalue weighted by molar-refractivity contribution is 5.74. The maximum Gasteiger partial charge on any atom is 0.342 e. The summed E-state index contributed by atoms with van der Waals surface area (Å²) in [4.78, 5) is 24.8. The molecule has 0 spiro atoms. The molecule has 0 aliphatic rings. The van der Waals surface area contributed by atoms with Crippen LogP contribution >= 0.6 is 0 Å². The van der Waals surface area contributed by atoms with Crippen LogP contribution < -0.4 is 4.74 Å². The fourth-order valence-corrected chi connectivity index (χ4v) is 1.78. The predicted molar refractivity (Wildman–Crippen MR) is 70.9 cm³/mol. The summed E-state index contributed by atoms with van der Waals surface area (Å²) in [5.41, 5.74) is 0.568. The van der Waals surface area contributed by atoms with Crippen molar-refractivity contribution in [2.45, 2.75) is 13.5 Å². The third-order valence-electron chi connectivity index (χ3n) is 2.82. The first kappa shape index (κ1) is 13.7. The number of ether oxygens (including phenoxy) is 1. The molecule has 7 heteroatoms. The van der Waals surface area contributed by atoms with Gasteiger partial charge in [-0.1, -0.05) is 0 Å². The highest BCUT2D eigenvalue weighted by atomic mass is 16.6. The van der Waals surface area contributed by atoms with E-state index in [1.807, 2.05) is 0 Å². The normalized spacial score (nSPS) is 10.2. The Hall–Kier alpha value is -2.70. The molecule has 0 aliphatic carbocycles. The molecule has 0 bridgehead atoms. The van der Waals surface area contributed by atoms with Gasteiger partial charge in [-0.25, -0.2) is 9.55 Å². The minimum Gasteiger partial charge on any atom is -0.489 e. The van der Waals surface area contributed by atoms with Gasteiger partial charge < -0.3 is 14.9 Å². The van der Waals surface area contributed by atoms with Gasteiger partial charge in [-0.2, -0.15) is 0 Å². The largest absolute Gasteiger partial charge is 0.489 e. The van der Waals surface area contributed by atoms with Crippen LogP contribution in [0.1, 0.15) is 16.2 Å². The van der Waals surface area contributed by atoms with E-state index >= 15 is 0 Å². The Kier molecular flexibility index (Phi) is 4.09. The van der Waals surface area contributed by atoms with E-state index in [2.05, 4.69) is 4.98 Å². The summed E-state index contributed by atoms with van der Waals surface area (Å²) >= 11 is 0. The molecule has 0 saturated heterocycles. The van der Waals surface area contributed by atoms with Crippen molar-refractivity contribution in [3.8, 4) is 5.75 Å². The zero-order chi connectivity index (χ0) is 14.5. The lowest BCUT2D eigenvalue weighted by atomic mass is 10.2. The van der Waals surface area contributed by atoms with Crippen LogP contribution in [0.2, 0.25) is 0 Å². The number of nitrogens with zero attached hydrogens (tertiary/aromatic N) is 3. The lowest BCUT2D eigenvalue weighted by Gasteiger charge is -2.06. The summed E-state index contributed by atoms with van der Waals surface area (Å²) in [6, 6.07) is 6.65. The molecule has 0 unspecified atom stereocenters. The summed E-state index contributed by atoms with van der Waals surface area (Å²) in [7, 11) is 0. The van der Waals surface area contributed by atoms with E-state index in [0.717, 1.165) is 6.29 Å². The molecule has 20 heavy (non-hydrogen) atoms. The summed E-state index contributed by atoms with van der Waals surface area (Å²) in [5.74, 6) is 1.12. The van der Waals surface area contributed by atoms with Crippen molar-refractivity contribution in [2.24, 2.45) is 0 Å². The first-order valence-electron chi connectivity index (χ1n) is 5.96. The van der Waals surface area contributed by atoms with E-state index in [0.29, 0.717) is 23.7 Å². The fraction of sp³-hybridized carbons (Fsp3) is 0.231. The predicted octanol–water partition coefficient (Wildman–Crippen LogP) is 1.99. The standard InChI is InChI=1S/C13H13N3O4/c1-10-14-8-13(16(18)19)15(10)6-7-20-12-4-2-11(9-17)3-5-12/h2-5,8-9H,6-7H2,1H3. The summed E-state index contributed by atoms with van der Waals surface area (Å²) in [5, 5.41) is 10.8. The molecule has 7 nitrogen and oxygen atoms in total. The van der Waals surface area contributed by atoms with Crippen LogP contribution in [0.4, 0.5) is 5.82 Å². The second-order valence-corrected chi connectivity index (χ2v) is 4.11. The van der Waals surface area contributed by atoms with Crippen molar-refractivity contribution in [2.75, 3.05) is 6.61 Å². The Morgan fingerprint density at radius 1 is 1.40 bits per heavy atom. The van der Waals surface area contributed by atoms with Crippen LogP contribution in [0.15, 0.2) is 30.5 Å². The number of aldehydes is 1. The van der Waals surface area contributed by atoms with Gasteiger partial charge in [-0.05, 0) is 29.2 Å². The molecular weight excluding hydrogens is 262 g/mol. The molecule has 0 amide bonds. The van der Waals surface area contributed by atoms with Gasteiger partial charge >= 0.3 is 5.82 Å². The third-order valence-corrected chi connectivity index (χ3v) is 2.82. The molecule has 0 saturated carbocycles. The first-order chi connectivity index (χ1) is 9.61. The number of rotatable bonds is 6. The average Bonchev–Trinajstić information content (AvgIpc) is 2.81. The van der Waals surface area contributed by atoms with Crippen LogP contribution in [0.3, 0.4) is 0 Å². The van der Waals surface area contributed by atoms with Crippen molar-refractivity contribution >= 4 is 12.1 Å². The number of imidazole rings is 1. The van der Waals surface area contributed by atoms with Crippen molar-refractivity contribution in [1.29, 1.82) is 0 Å². The number of carbonyl (C=O) groups excluding carboxylic acids is 1. The molecule has 104 valence electrons. The van der Waals surface area contributed by atoms with Crippen molar-refractivity contribution in [3.63, 3.8) is 0 Å². The molecule has 0 aliphatic heterocycles. The summed E-state index contributed by atoms with van der Waals surface area (Å²) in [6.07, 6.45) is 1.98. The number of nitro groups is 1. The van der Waals surface area contributed by atoms with Gasteiger partial charge in [0.15, 0.2) is 5.82 Å². The number of aromatic nitrogens is 2. The van der Waals surface area contributed by atoms with Gasteiger partial charge in [0.25, 0.3) is 0 Å². The van der Waals surface area contributed by atoms with E-state index in [-0.39, 0.29) is 12.4 Å². The lowest BCUT2D eigenvalue weighted by Crippen LogP contribution is -2.11. The molecular formula is C13H13N3O4. The van der Waals surface area contributed by atoms with Gasteiger partial charge in [0.1, 0.15) is 31.4 Å². The minimum atomic E-state index is -0.473. The SMILES string of the molecule is Cc1ncc([N+](=O)[O-])n1CCOc1ccc(C=O)cc1. The van der Waals surface area contributed by atoms with Crippen LogP contribution in [-0.2, 0) is 6.54 Å². The molecule has 0 radical (unpaired) electrons. The van der Waals surface area contributed by atoms with Gasteiger partial charge in [0.2, 0.25) is 0 Å². The van der Waals surface area contributed by atoms with Gasteiger partial charge in [-0.3, -0.25) is 4.79 Å². The molecule has 0 N–H and O–H groups in total. The Bertz CT molecular complexity index is 619. The molecule has 0 fully saturated rings. The van der Waals surface area contributed by atoms with Crippen molar-refractivity contribution in [3.05, 3.63) is 52.0 Å². The van der Waals surface area contributed by atoms with Crippen LogP contribution in [-0.4, -0.2) is 27.4 Å². The van der Waals surface area contributed by atoms with Crippen LogP contribution in [0, 0.1) is 17.0 Å². The van der Waals surface area contributed by atoms with Gasteiger partial charge in [-0.15, -0.1) is 0 Å². The Morgan fingerprint density at radius 2 is 2.10 bits per heavy atom. The third kappa shape index (κ3) is 3.00. The van der Waals surface area contributed by atoms with Gasteiger partial charge in [0, 0.05) is 12.5 Å². The smallest absolute Gasteiger partial charge is 0.342 e. The minimum absolute atomic E-state index is 0.0533. The molecule has 1 heterocycles. The van der Waals surface area contributed by atoms with Crippen molar-refractivity contribution < 1.29 is 14.5 Å². The average molecular weight is 275 g/mol. The van der Waals surface area contributed by atoms with Crippen LogP contribution in [0.5, 0.6) is 5.75 Å². The number of hydrogen-bond donors (Lipinski definition) is 0. The summed E-state index contributed by atoms with van der Waals surface area (Å²) < 4.78 is 6.97. The Morgan fingerprint density at radius 3 is 2.70 bits per heavy atom. The second kappa shape index (κ2) is 5.96. The highest BCUT2D eigenvalue weighted by Gasteiger charge is 2.16. The molecule has 0 atom stereocenters. The number of benzene rings is 1. The van der Waals surface area contributed by atoms with E-state index in [9.17, 15) is 14.9 Å². The molecule has 2 rings (SSSR count). The first-order valence-corrected chi connectivity index (χ1v) is 5.96. The fourth-order valence-electron chi connectivity index (χ4n) is 1.78. The van der Waals surface area contributed by atoms with E-state index < -0.39 is 4.92 Å². The van der Waals surface area contributed by atoms with E-state index in [1.165, 1.54) is 10.8 Å². The Balaban J connectivity index is 1.97. The van der Waals surface area contributed by atoms with Crippen molar-refractivity contribution in [1.82, 2.24) is 9.55 Å². The number of carbonyl (C=O) groups is 1. The quantitative estimate of drug-likeness (QED) is 0.457. The Labute approximate surface area is 115 Å². The zero-order valence-electron chi connectivity index (χ0n) is 10.9. The molecule has 1 aromatic heterocycles. The highest BCUT2D eigenvalue weighted by Crippen LogP contribution is 2.15. The zero-order valence-corrected chi connectivity index (χ0v) is 10.9. The monoisotopic (exact) mass is 275 g/mol. The van der Waals surface area contributed by atoms with Gasteiger partial charge in [0.05, 0.1) is 0 Å². The summed E-state index contributed by atoms with van der Waals surface area (Å²) in [6.45, 7) is 2.31. The van der Waals surface area contributed by atoms with E-state index in [1.54, 1.807) is 31.2 Å². The maximum atomic E-state index is 10.8. The molecule has 2 aromatic rings.